The molecule has 0 bridgehead atoms. The van der Waals surface area contributed by atoms with Crippen LogP contribution in [0.3, 0.4) is 0 Å². The Hall–Kier alpha value is -1.36. The second-order valence-electron chi connectivity index (χ2n) is 4.63. The van der Waals surface area contributed by atoms with E-state index in [4.69, 9.17) is 0 Å². The van der Waals surface area contributed by atoms with Crippen LogP contribution in [-0.2, 0) is 4.79 Å². The van der Waals surface area contributed by atoms with Crippen molar-refractivity contribution in [1.29, 1.82) is 0 Å². The summed E-state index contributed by atoms with van der Waals surface area (Å²) in [6, 6.07) is 4.49. The van der Waals surface area contributed by atoms with Gasteiger partial charge in [-0.3, -0.25) is 4.79 Å². The summed E-state index contributed by atoms with van der Waals surface area (Å²) in [6.07, 6.45) is 0.689. The lowest BCUT2D eigenvalue weighted by atomic mass is 9.98. The Morgan fingerprint density at radius 3 is 2.58 bits per heavy atom. The van der Waals surface area contributed by atoms with Crippen molar-refractivity contribution in [3.8, 4) is 0 Å². The third kappa shape index (κ3) is 4.06. The van der Waals surface area contributed by atoms with Gasteiger partial charge in [-0.2, -0.15) is 0 Å². The summed E-state index contributed by atoms with van der Waals surface area (Å²) in [5.74, 6) is -1.48. The van der Waals surface area contributed by atoms with E-state index in [0.29, 0.717) is 12.0 Å². The van der Waals surface area contributed by atoms with Crippen molar-refractivity contribution in [2.24, 2.45) is 5.92 Å². The molecule has 0 fully saturated rings. The van der Waals surface area contributed by atoms with Gasteiger partial charge in [0.1, 0.15) is 6.04 Å². The number of amides is 1. The van der Waals surface area contributed by atoms with Crippen LogP contribution >= 0.6 is 15.9 Å². The molecule has 1 amide bonds. The predicted molar refractivity (Wildman–Crippen MR) is 77.2 cm³/mol. The van der Waals surface area contributed by atoms with Crippen molar-refractivity contribution in [2.75, 3.05) is 0 Å². The van der Waals surface area contributed by atoms with Crippen molar-refractivity contribution < 1.29 is 14.7 Å². The number of carbonyl (C=O) groups is 2. The van der Waals surface area contributed by atoms with Crippen molar-refractivity contribution in [1.82, 2.24) is 5.32 Å². The van der Waals surface area contributed by atoms with Crippen LogP contribution in [0, 0.1) is 12.8 Å². The summed E-state index contributed by atoms with van der Waals surface area (Å²) in [5.41, 5.74) is 1.30. The normalized spacial score (nSPS) is 13.7. The average molecular weight is 328 g/mol. The third-order valence-corrected chi connectivity index (χ3v) is 3.70. The Balaban J connectivity index is 2.94. The summed E-state index contributed by atoms with van der Waals surface area (Å²) in [6.45, 7) is 5.53. The fraction of sp³-hybridized carbons (Fsp3) is 0.429. The molecule has 1 aromatic rings. The lowest BCUT2D eigenvalue weighted by Gasteiger charge is -2.20. The number of hydrogen-bond donors (Lipinski definition) is 2. The first-order valence-corrected chi connectivity index (χ1v) is 6.96. The fourth-order valence-corrected chi connectivity index (χ4v) is 2.10. The van der Waals surface area contributed by atoms with Gasteiger partial charge in [-0.15, -0.1) is 0 Å². The van der Waals surface area contributed by atoms with Gasteiger partial charge in [-0.05, 0) is 30.5 Å². The van der Waals surface area contributed by atoms with Crippen LogP contribution in [0.4, 0.5) is 0 Å². The fourth-order valence-electron chi connectivity index (χ4n) is 1.74. The summed E-state index contributed by atoms with van der Waals surface area (Å²) in [5, 5.41) is 11.8. The van der Waals surface area contributed by atoms with E-state index in [1.165, 1.54) is 0 Å². The Bertz CT molecular complexity index is 488. The summed E-state index contributed by atoms with van der Waals surface area (Å²) in [7, 11) is 0. The number of nitrogens with one attached hydrogen (secondary N) is 1. The van der Waals surface area contributed by atoms with Gasteiger partial charge in [-0.1, -0.05) is 42.3 Å². The number of carboxylic acid groups (broad SMARTS) is 1. The molecule has 0 aliphatic carbocycles. The second kappa shape index (κ2) is 6.70. The molecule has 0 heterocycles. The van der Waals surface area contributed by atoms with Crippen LogP contribution in [-0.4, -0.2) is 23.0 Å². The van der Waals surface area contributed by atoms with Crippen LogP contribution < -0.4 is 5.32 Å². The van der Waals surface area contributed by atoms with Crippen LogP contribution in [0.25, 0.3) is 0 Å². The first-order valence-electron chi connectivity index (χ1n) is 6.16. The average Bonchev–Trinajstić information content (AvgIpc) is 2.37. The molecule has 0 spiro atoms. The molecule has 0 saturated carbocycles. The zero-order valence-electron chi connectivity index (χ0n) is 11.2. The number of aryl methyl sites for hydroxylation is 1. The number of benzene rings is 1. The topological polar surface area (TPSA) is 66.4 Å². The van der Waals surface area contributed by atoms with Crippen LogP contribution in [0.2, 0.25) is 0 Å². The highest BCUT2D eigenvalue weighted by atomic mass is 79.9. The predicted octanol–water partition coefficient (Wildman–Crippen LogP) is 2.99. The Morgan fingerprint density at radius 1 is 1.42 bits per heavy atom. The van der Waals surface area contributed by atoms with E-state index < -0.39 is 12.0 Å². The molecule has 4 nitrogen and oxygen atoms in total. The Kier molecular flexibility index (Phi) is 5.54. The molecule has 0 saturated heterocycles. The van der Waals surface area contributed by atoms with E-state index in [2.05, 4.69) is 21.2 Å². The number of carbonyl (C=O) groups excluding carboxylic acids is 1. The Morgan fingerprint density at radius 2 is 2.05 bits per heavy atom. The maximum atomic E-state index is 12.2. The van der Waals surface area contributed by atoms with Crippen molar-refractivity contribution in [3.63, 3.8) is 0 Å². The minimum Gasteiger partial charge on any atom is -0.480 e. The molecule has 1 rings (SSSR count). The van der Waals surface area contributed by atoms with Crippen molar-refractivity contribution in [3.05, 3.63) is 33.8 Å². The monoisotopic (exact) mass is 327 g/mol. The third-order valence-electron chi connectivity index (χ3n) is 3.21. The van der Waals surface area contributed by atoms with Crippen molar-refractivity contribution in [2.45, 2.75) is 33.2 Å². The highest BCUT2D eigenvalue weighted by Crippen LogP contribution is 2.17. The minimum atomic E-state index is -1.00. The number of carboxylic acids is 1. The van der Waals surface area contributed by atoms with Gasteiger partial charge in [0, 0.05) is 10.0 Å². The molecule has 5 heteroatoms. The molecular weight excluding hydrogens is 310 g/mol. The van der Waals surface area contributed by atoms with E-state index in [0.717, 1.165) is 10.0 Å². The highest BCUT2D eigenvalue weighted by Gasteiger charge is 2.26. The first kappa shape index (κ1) is 15.7. The smallest absolute Gasteiger partial charge is 0.326 e. The molecular formula is C14H18BrNO3. The van der Waals surface area contributed by atoms with E-state index in [1.807, 2.05) is 32.9 Å². The largest absolute Gasteiger partial charge is 0.480 e. The number of aliphatic carboxylic acids is 1. The molecule has 2 atom stereocenters. The number of halogens is 1. The van der Waals surface area contributed by atoms with E-state index in [1.54, 1.807) is 6.07 Å². The van der Waals surface area contributed by atoms with Crippen LogP contribution in [0.5, 0.6) is 0 Å². The summed E-state index contributed by atoms with van der Waals surface area (Å²) in [4.78, 5) is 23.4. The first-order chi connectivity index (χ1) is 8.86. The van der Waals surface area contributed by atoms with Gasteiger partial charge in [0.15, 0.2) is 0 Å². The van der Waals surface area contributed by atoms with Gasteiger partial charge in [0.05, 0.1) is 0 Å². The van der Waals surface area contributed by atoms with Crippen LogP contribution in [0.1, 0.15) is 36.2 Å². The summed E-state index contributed by atoms with van der Waals surface area (Å²) < 4.78 is 0.790. The highest BCUT2D eigenvalue weighted by molar-refractivity contribution is 9.10. The molecule has 1 aromatic carbocycles. The van der Waals surface area contributed by atoms with Gasteiger partial charge in [0.25, 0.3) is 5.91 Å². The zero-order chi connectivity index (χ0) is 14.6. The molecule has 0 aliphatic heterocycles. The van der Waals surface area contributed by atoms with E-state index in [-0.39, 0.29) is 11.8 Å². The quantitative estimate of drug-likeness (QED) is 0.873. The minimum absolute atomic E-state index is 0.117. The zero-order valence-corrected chi connectivity index (χ0v) is 12.8. The number of hydrogen-bond acceptors (Lipinski definition) is 2. The van der Waals surface area contributed by atoms with Gasteiger partial charge in [0.2, 0.25) is 0 Å². The lowest BCUT2D eigenvalue weighted by Crippen LogP contribution is -2.45. The van der Waals surface area contributed by atoms with Gasteiger partial charge >= 0.3 is 5.97 Å². The van der Waals surface area contributed by atoms with Gasteiger partial charge < -0.3 is 10.4 Å². The molecule has 2 N–H and O–H groups in total. The molecule has 0 aliphatic rings. The van der Waals surface area contributed by atoms with E-state index in [9.17, 15) is 14.7 Å². The molecule has 0 aromatic heterocycles. The maximum absolute atomic E-state index is 12.2. The van der Waals surface area contributed by atoms with Gasteiger partial charge in [-0.25, -0.2) is 4.79 Å². The molecule has 19 heavy (non-hydrogen) atoms. The standard InChI is InChI=1S/C14H18BrNO3/c1-4-8(2)12(14(18)19)16-13(17)11-7-10(15)6-5-9(11)3/h5-8,12H,4H2,1-3H3,(H,16,17)(H,18,19). The van der Waals surface area contributed by atoms with Crippen molar-refractivity contribution >= 4 is 27.8 Å². The molecule has 104 valence electrons. The molecule has 0 radical (unpaired) electrons. The Labute approximate surface area is 121 Å². The SMILES string of the molecule is CCC(C)C(NC(=O)c1cc(Br)ccc1C)C(=O)O. The lowest BCUT2D eigenvalue weighted by molar-refractivity contribution is -0.140. The van der Waals surface area contributed by atoms with E-state index >= 15 is 0 Å². The molecule has 2 unspecified atom stereocenters. The van der Waals surface area contributed by atoms with Crippen LogP contribution in [0.15, 0.2) is 22.7 Å². The second-order valence-corrected chi connectivity index (χ2v) is 5.55. The number of rotatable bonds is 5. The summed E-state index contributed by atoms with van der Waals surface area (Å²) >= 11 is 3.31. The maximum Gasteiger partial charge on any atom is 0.326 e.